The van der Waals surface area contributed by atoms with Gasteiger partial charge in [-0.15, -0.1) is 0 Å². The van der Waals surface area contributed by atoms with Gasteiger partial charge in [-0.05, 0) is 6.92 Å². The van der Waals surface area contributed by atoms with Crippen molar-refractivity contribution in [2.45, 2.75) is 19.4 Å². The van der Waals surface area contributed by atoms with Crippen LogP contribution in [0.15, 0.2) is 0 Å². The fourth-order valence-corrected chi connectivity index (χ4v) is 0.917. The molecule has 1 aliphatic rings. The lowest BCUT2D eigenvalue weighted by atomic mass is 10.4. The summed E-state index contributed by atoms with van der Waals surface area (Å²) in [7, 11) is 0. The molecule has 1 rings (SSSR count). The number of carbonyl (C=O) groups excluding carboxylic acids is 1. The number of esters is 1. The van der Waals surface area contributed by atoms with Crippen molar-refractivity contribution < 1.29 is 14.5 Å². The molecule has 5 heteroatoms. The van der Waals surface area contributed by atoms with Crippen molar-refractivity contribution in [1.29, 1.82) is 0 Å². The van der Waals surface area contributed by atoms with Crippen molar-refractivity contribution in [2.75, 3.05) is 6.61 Å². The topological polar surface area (TPSA) is 69.4 Å². The lowest BCUT2D eigenvalue weighted by Crippen LogP contribution is -2.13. The lowest BCUT2D eigenvalue weighted by Gasteiger charge is -1.96. The first kappa shape index (κ1) is 7.97. The molecule has 1 saturated carbocycles. The molecule has 0 radical (unpaired) electrons. The largest absolute Gasteiger partial charge is 0.466 e. The molecule has 0 saturated heterocycles. The average Bonchev–Trinajstić information content (AvgIpc) is 2.65. The summed E-state index contributed by atoms with van der Waals surface area (Å²) in [6, 6.07) is -0.686. The van der Waals surface area contributed by atoms with Crippen molar-refractivity contribution in [3.63, 3.8) is 0 Å². The van der Waals surface area contributed by atoms with Gasteiger partial charge in [-0.3, -0.25) is 14.9 Å². The molecular weight excluding hydrogens is 150 g/mol. The van der Waals surface area contributed by atoms with E-state index in [1.165, 1.54) is 0 Å². The zero-order chi connectivity index (χ0) is 8.43. The number of hydrogen-bond acceptors (Lipinski definition) is 4. The van der Waals surface area contributed by atoms with Gasteiger partial charge in [0.1, 0.15) is 5.92 Å². The van der Waals surface area contributed by atoms with Gasteiger partial charge in [0.2, 0.25) is 6.04 Å². The van der Waals surface area contributed by atoms with Crippen LogP contribution in [0.3, 0.4) is 0 Å². The van der Waals surface area contributed by atoms with Gasteiger partial charge >= 0.3 is 5.97 Å². The Morgan fingerprint density at radius 3 is 2.82 bits per heavy atom. The standard InChI is InChI=1S/C6H9NO4/c1-2-11-6(8)4-3-5(4)7(9)10/h4-5H,2-3H2,1H3/t4-,5-/m0/s1. The maximum Gasteiger partial charge on any atom is 0.316 e. The van der Waals surface area contributed by atoms with Crippen LogP contribution in [0.1, 0.15) is 13.3 Å². The zero-order valence-corrected chi connectivity index (χ0v) is 6.15. The first-order valence-electron chi connectivity index (χ1n) is 3.47. The Bertz CT molecular complexity index is 191. The van der Waals surface area contributed by atoms with E-state index in [4.69, 9.17) is 0 Å². The first-order chi connectivity index (χ1) is 5.16. The Balaban J connectivity index is 2.32. The van der Waals surface area contributed by atoms with Gasteiger partial charge in [0.05, 0.1) is 6.61 Å². The summed E-state index contributed by atoms with van der Waals surface area (Å²) in [6.07, 6.45) is 0.339. The summed E-state index contributed by atoms with van der Waals surface area (Å²) in [6.45, 7) is 1.97. The Morgan fingerprint density at radius 1 is 1.82 bits per heavy atom. The number of nitro groups is 1. The molecule has 5 nitrogen and oxygen atoms in total. The monoisotopic (exact) mass is 159 g/mol. The second kappa shape index (κ2) is 2.86. The van der Waals surface area contributed by atoms with E-state index < -0.39 is 22.9 Å². The van der Waals surface area contributed by atoms with Gasteiger partial charge in [-0.2, -0.15) is 0 Å². The summed E-state index contributed by atoms with van der Waals surface area (Å²) in [5, 5.41) is 10.1. The molecule has 62 valence electrons. The fourth-order valence-electron chi connectivity index (χ4n) is 0.917. The Hall–Kier alpha value is -1.13. The first-order valence-corrected chi connectivity index (χ1v) is 3.47. The third-order valence-corrected chi connectivity index (χ3v) is 1.62. The van der Waals surface area contributed by atoms with Crippen molar-refractivity contribution in [1.82, 2.24) is 0 Å². The summed E-state index contributed by atoms with van der Waals surface area (Å²) in [5.74, 6) is -0.917. The van der Waals surface area contributed by atoms with E-state index in [1.54, 1.807) is 6.92 Å². The van der Waals surface area contributed by atoms with Crippen LogP contribution in [0.5, 0.6) is 0 Å². The SMILES string of the molecule is CCOC(=O)[C@H]1C[C@@H]1[N+](=O)[O-]. The molecular formula is C6H9NO4. The quantitative estimate of drug-likeness (QED) is 0.335. The average molecular weight is 159 g/mol. The van der Waals surface area contributed by atoms with E-state index in [-0.39, 0.29) is 0 Å². The van der Waals surface area contributed by atoms with E-state index in [0.717, 1.165) is 0 Å². The molecule has 11 heavy (non-hydrogen) atoms. The third kappa shape index (κ3) is 1.66. The molecule has 0 amide bonds. The van der Waals surface area contributed by atoms with Crippen molar-refractivity contribution in [2.24, 2.45) is 5.92 Å². The Morgan fingerprint density at radius 2 is 2.45 bits per heavy atom. The minimum atomic E-state index is -0.686. The van der Waals surface area contributed by atoms with Gasteiger partial charge in [0.25, 0.3) is 0 Å². The van der Waals surface area contributed by atoms with Crippen LogP contribution in [0.4, 0.5) is 0 Å². The lowest BCUT2D eigenvalue weighted by molar-refractivity contribution is -0.497. The van der Waals surface area contributed by atoms with Crippen LogP contribution in [0, 0.1) is 16.0 Å². The number of nitrogens with zero attached hydrogens (tertiary/aromatic N) is 1. The molecule has 1 aliphatic carbocycles. The second-order valence-electron chi connectivity index (χ2n) is 2.45. The van der Waals surface area contributed by atoms with Crippen molar-refractivity contribution in [3.8, 4) is 0 Å². The Kier molecular flexibility index (Phi) is 2.07. The minimum Gasteiger partial charge on any atom is -0.466 e. The molecule has 2 atom stereocenters. The van der Waals surface area contributed by atoms with Crippen LogP contribution in [-0.4, -0.2) is 23.5 Å². The molecule has 0 aliphatic heterocycles. The number of rotatable bonds is 3. The van der Waals surface area contributed by atoms with Crippen LogP contribution in [0.2, 0.25) is 0 Å². The minimum absolute atomic E-state index is 0.291. The van der Waals surface area contributed by atoms with Crippen LogP contribution >= 0.6 is 0 Å². The van der Waals surface area contributed by atoms with Crippen LogP contribution in [-0.2, 0) is 9.53 Å². The molecule has 1 fully saturated rings. The van der Waals surface area contributed by atoms with Gasteiger partial charge in [-0.1, -0.05) is 0 Å². The summed E-state index contributed by atoms with van der Waals surface area (Å²) in [4.78, 5) is 20.4. The molecule has 0 aromatic heterocycles. The van der Waals surface area contributed by atoms with E-state index >= 15 is 0 Å². The number of hydrogen-bond donors (Lipinski definition) is 0. The molecule has 0 unspecified atom stereocenters. The summed E-state index contributed by atoms with van der Waals surface area (Å²) in [5.41, 5.74) is 0. The van der Waals surface area contributed by atoms with Gasteiger partial charge < -0.3 is 4.74 Å². The maximum atomic E-state index is 10.8. The van der Waals surface area contributed by atoms with Gasteiger partial charge in [-0.25, -0.2) is 0 Å². The van der Waals surface area contributed by atoms with Gasteiger partial charge in [0.15, 0.2) is 0 Å². The highest BCUT2D eigenvalue weighted by Gasteiger charge is 2.54. The molecule has 0 bridgehead atoms. The maximum absolute atomic E-state index is 10.8. The van der Waals surface area contributed by atoms with Crippen LogP contribution in [0.25, 0.3) is 0 Å². The number of carbonyl (C=O) groups is 1. The Labute approximate surface area is 63.5 Å². The smallest absolute Gasteiger partial charge is 0.316 e. The van der Waals surface area contributed by atoms with E-state index in [2.05, 4.69) is 4.74 Å². The molecule has 0 aromatic rings. The highest BCUT2D eigenvalue weighted by molar-refractivity contribution is 5.76. The number of ether oxygens (including phenoxy) is 1. The predicted molar refractivity (Wildman–Crippen MR) is 35.5 cm³/mol. The highest BCUT2D eigenvalue weighted by atomic mass is 16.6. The van der Waals surface area contributed by atoms with Crippen molar-refractivity contribution >= 4 is 5.97 Å². The van der Waals surface area contributed by atoms with Crippen molar-refractivity contribution in [3.05, 3.63) is 10.1 Å². The predicted octanol–water partition coefficient (Wildman–Crippen LogP) is 0.215. The third-order valence-electron chi connectivity index (χ3n) is 1.62. The van der Waals surface area contributed by atoms with E-state index in [0.29, 0.717) is 13.0 Å². The summed E-state index contributed by atoms with van der Waals surface area (Å²) < 4.78 is 4.60. The second-order valence-corrected chi connectivity index (χ2v) is 2.45. The molecule has 0 N–H and O–H groups in total. The van der Waals surface area contributed by atoms with Gasteiger partial charge in [0, 0.05) is 11.3 Å². The van der Waals surface area contributed by atoms with E-state index in [9.17, 15) is 14.9 Å². The molecule has 0 heterocycles. The fraction of sp³-hybridized carbons (Fsp3) is 0.833. The molecule has 0 aromatic carbocycles. The normalized spacial score (nSPS) is 27.7. The van der Waals surface area contributed by atoms with E-state index in [1.807, 2.05) is 0 Å². The van der Waals surface area contributed by atoms with Crippen LogP contribution < -0.4 is 0 Å². The molecule has 0 spiro atoms. The highest BCUT2D eigenvalue weighted by Crippen LogP contribution is 2.33. The summed E-state index contributed by atoms with van der Waals surface area (Å²) >= 11 is 0. The zero-order valence-electron chi connectivity index (χ0n) is 6.15.